The van der Waals surface area contributed by atoms with E-state index in [1.54, 1.807) is 0 Å². The van der Waals surface area contributed by atoms with Gasteiger partial charge in [-0.25, -0.2) is 0 Å². The van der Waals surface area contributed by atoms with Crippen LogP contribution in [0.4, 0.5) is 5.13 Å². The summed E-state index contributed by atoms with van der Waals surface area (Å²) in [7, 11) is 0. The number of hydrogen-bond donors (Lipinski definition) is 2. The number of tetrazole rings is 1. The molecule has 1 amide bonds. The minimum atomic E-state index is -0.467. The van der Waals surface area contributed by atoms with E-state index in [1.165, 1.54) is 16.8 Å². The Balaban J connectivity index is 2.08. The average molecular weight is 197 g/mol. The average Bonchev–Trinajstić information content (AvgIpc) is 2.74. The van der Waals surface area contributed by atoms with Crippen molar-refractivity contribution in [1.82, 2.24) is 30.8 Å². The number of carbonyl (C=O) groups is 1. The SMILES string of the molecule is O=C(Nc1nncs1)c1nn[nH]n1. The maximum Gasteiger partial charge on any atom is 0.299 e. The van der Waals surface area contributed by atoms with Crippen LogP contribution < -0.4 is 5.32 Å². The summed E-state index contributed by atoms with van der Waals surface area (Å²) in [5, 5.41) is 22.4. The molecule has 0 aliphatic heterocycles. The van der Waals surface area contributed by atoms with E-state index < -0.39 is 5.91 Å². The van der Waals surface area contributed by atoms with Crippen LogP contribution in [0.2, 0.25) is 0 Å². The van der Waals surface area contributed by atoms with Crippen LogP contribution >= 0.6 is 11.3 Å². The maximum absolute atomic E-state index is 11.2. The number of amides is 1. The minimum absolute atomic E-state index is 0.0322. The summed E-state index contributed by atoms with van der Waals surface area (Å²) in [5.74, 6) is -0.499. The van der Waals surface area contributed by atoms with Crippen LogP contribution in [-0.4, -0.2) is 36.7 Å². The Morgan fingerprint density at radius 3 is 3.08 bits per heavy atom. The van der Waals surface area contributed by atoms with Gasteiger partial charge in [0.05, 0.1) is 0 Å². The highest BCUT2D eigenvalue weighted by Crippen LogP contribution is 2.08. The number of carbonyl (C=O) groups excluding carboxylic acids is 1. The van der Waals surface area contributed by atoms with Gasteiger partial charge >= 0.3 is 0 Å². The first-order chi connectivity index (χ1) is 6.36. The molecule has 0 saturated carbocycles. The zero-order valence-electron chi connectivity index (χ0n) is 6.13. The van der Waals surface area contributed by atoms with Crippen LogP contribution in [0.1, 0.15) is 10.6 Å². The van der Waals surface area contributed by atoms with E-state index in [1.807, 2.05) is 0 Å². The van der Waals surface area contributed by atoms with Crippen LogP contribution in [0.15, 0.2) is 5.51 Å². The first-order valence-corrected chi connectivity index (χ1v) is 4.05. The first kappa shape index (κ1) is 7.73. The molecule has 0 spiro atoms. The lowest BCUT2D eigenvalue weighted by Crippen LogP contribution is -2.13. The molecule has 2 aromatic heterocycles. The van der Waals surface area contributed by atoms with E-state index in [0.717, 1.165) is 0 Å². The van der Waals surface area contributed by atoms with Crippen molar-refractivity contribution >= 4 is 22.4 Å². The summed E-state index contributed by atoms with van der Waals surface area (Å²) in [6.07, 6.45) is 0. The molecule has 66 valence electrons. The number of anilines is 1. The minimum Gasteiger partial charge on any atom is -0.294 e. The van der Waals surface area contributed by atoms with Gasteiger partial charge in [0, 0.05) is 0 Å². The number of H-pyrrole nitrogens is 1. The number of rotatable bonds is 2. The summed E-state index contributed by atoms with van der Waals surface area (Å²) in [6.45, 7) is 0. The lowest BCUT2D eigenvalue weighted by molar-refractivity contribution is 0.101. The topological polar surface area (TPSA) is 109 Å². The van der Waals surface area contributed by atoms with Crippen LogP contribution in [0.25, 0.3) is 0 Å². The van der Waals surface area contributed by atoms with E-state index >= 15 is 0 Å². The van der Waals surface area contributed by atoms with Crippen molar-refractivity contribution in [2.75, 3.05) is 5.32 Å². The maximum atomic E-state index is 11.2. The Morgan fingerprint density at radius 1 is 1.54 bits per heavy atom. The Bertz CT molecular complexity index is 381. The number of aromatic amines is 1. The predicted molar refractivity (Wildman–Crippen MR) is 42.0 cm³/mol. The summed E-state index contributed by atoms with van der Waals surface area (Å²) in [4.78, 5) is 11.2. The molecule has 0 saturated heterocycles. The van der Waals surface area contributed by atoms with E-state index in [4.69, 9.17) is 0 Å². The molecule has 0 radical (unpaired) electrons. The number of aromatic nitrogens is 6. The monoisotopic (exact) mass is 197 g/mol. The van der Waals surface area contributed by atoms with Crippen molar-refractivity contribution < 1.29 is 4.79 Å². The Kier molecular flexibility index (Phi) is 1.92. The molecule has 0 aromatic carbocycles. The Labute approximate surface area is 75.4 Å². The summed E-state index contributed by atoms with van der Waals surface area (Å²) in [5.41, 5.74) is 1.51. The summed E-state index contributed by atoms with van der Waals surface area (Å²) < 4.78 is 0. The second-order valence-electron chi connectivity index (χ2n) is 1.93. The second-order valence-corrected chi connectivity index (χ2v) is 2.77. The molecule has 2 N–H and O–H groups in total. The highest BCUT2D eigenvalue weighted by Gasteiger charge is 2.11. The van der Waals surface area contributed by atoms with Gasteiger partial charge in [-0.3, -0.25) is 10.1 Å². The van der Waals surface area contributed by atoms with E-state index in [0.29, 0.717) is 5.13 Å². The molecule has 2 rings (SSSR count). The van der Waals surface area contributed by atoms with E-state index in [2.05, 4.69) is 36.1 Å². The molecule has 13 heavy (non-hydrogen) atoms. The lowest BCUT2D eigenvalue weighted by Gasteiger charge is -1.92. The predicted octanol–water partition coefficient (Wildman–Crippen LogP) is -0.697. The van der Waals surface area contributed by atoms with Gasteiger partial charge in [0.1, 0.15) is 5.51 Å². The van der Waals surface area contributed by atoms with Crippen LogP contribution in [-0.2, 0) is 0 Å². The van der Waals surface area contributed by atoms with E-state index in [9.17, 15) is 4.79 Å². The fraction of sp³-hybridized carbons (Fsp3) is 0. The molecular weight excluding hydrogens is 194 g/mol. The van der Waals surface area contributed by atoms with Gasteiger partial charge < -0.3 is 0 Å². The molecule has 2 aromatic rings. The largest absolute Gasteiger partial charge is 0.299 e. The van der Waals surface area contributed by atoms with E-state index in [-0.39, 0.29) is 5.82 Å². The van der Waals surface area contributed by atoms with Gasteiger partial charge in [0.2, 0.25) is 5.13 Å². The lowest BCUT2D eigenvalue weighted by atomic mass is 10.6. The van der Waals surface area contributed by atoms with Gasteiger partial charge in [-0.1, -0.05) is 11.3 Å². The summed E-state index contributed by atoms with van der Waals surface area (Å²) in [6, 6.07) is 0. The Hall–Kier alpha value is -1.90. The molecule has 8 nitrogen and oxygen atoms in total. The molecule has 0 aliphatic carbocycles. The highest BCUT2D eigenvalue weighted by molar-refractivity contribution is 7.13. The standard InChI is InChI=1S/C4H3N7OS/c12-3(2-7-10-11-8-2)6-4-9-5-1-13-4/h1H,(H,6,9,12)(H,7,8,10,11). The van der Waals surface area contributed by atoms with Crippen molar-refractivity contribution in [2.45, 2.75) is 0 Å². The molecule has 0 fully saturated rings. The highest BCUT2D eigenvalue weighted by atomic mass is 32.1. The third-order valence-corrected chi connectivity index (χ3v) is 1.74. The summed E-state index contributed by atoms with van der Waals surface area (Å²) >= 11 is 1.21. The quantitative estimate of drug-likeness (QED) is 0.659. The van der Waals surface area contributed by atoms with Gasteiger partial charge in [0.15, 0.2) is 0 Å². The molecule has 0 bridgehead atoms. The van der Waals surface area contributed by atoms with Crippen molar-refractivity contribution in [3.8, 4) is 0 Å². The zero-order valence-corrected chi connectivity index (χ0v) is 6.95. The number of hydrogen-bond acceptors (Lipinski definition) is 7. The molecule has 2 heterocycles. The number of nitrogens with zero attached hydrogens (tertiary/aromatic N) is 5. The van der Waals surface area contributed by atoms with Crippen molar-refractivity contribution in [3.63, 3.8) is 0 Å². The zero-order chi connectivity index (χ0) is 9.10. The third-order valence-electron chi connectivity index (χ3n) is 1.13. The molecule has 0 atom stereocenters. The van der Waals surface area contributed by atoms with Crippen LogP contribution in [0.5, 0.6) is 0 Å². The smallest absolute Gasteiger partial charge is 0.294 e. The molecule has 0 aliphatic rings. The number of nitrogens with one attached hydrogen (secondary N) is 2. The fourth-order valence-corrected chi connectivity index (χ4v) is 1.08. The van der Waals surface area contributed by atoms with Gasteiger partial charge in [-0.2, -0.15) is 5.21 Å². The van der Waals surface area contributed by atoms with Gasteiger partial charge in [-0.15, -0.1) is 20.4 Å². The molecule has 0 unspecified atom stereocenters. The Morgan fingerprint density at radius 2 is 2.46 bits per heavy atom. The van der Waals surface area contributed by atoms with Crippen molar-refractivity contribution in [2.24, 2.45) is 0 Å². The second kappa shape index (κ2) is 3.23. The van der Waals surface area contributed by atoms with Gasteiger partial charge in [-0.05, 0) is 5.21 Å². The van der Waals surface area contributed by atoms with Crippen LogP contribution in [0.3, 0.4) is 0 Å². The molecular formula is C4H3N7OS. The van der Waals surface area contributed by atoms with Crippen molar-refractivity contribution in [1.29, 1.82) is 0 Å². The van der Waals surface area contributed by atoms with Crippen LogP contribution in [0, 0.1) is 0 Å². The first-order valence-electron chi connectivity index (χ1n) is 3.17. The van der Waals surface area contributed by atoms with Gasteiger partial charge in [0.25, 0.3) is 11.7 Å². The normalized spacial score (nSPS) is 9.85. The third kappa shape index (κ3) is 1.64. The molecule has 9 heteroatoms. The fourth-order valence-electron chi connectivity index (χ4n) is 0.639. The van der Waals surface area contributed by atoms with Crippen molar-refractivity contribution in [3.05, 3.63) is 11.3 Å².